The van der Waals surface area contributed by atoms with Gasteiger partial charge in [-0.2, -0.15) is 0 Å². The van der Waals surface area contributed by atoms with Gasteiger partial charge in [0.05, 0.1) is 0 Å². The first-order valence-electron chi connectivity index (χ1n) is 12.8. The maximum absolute atomic E-state index is 4.65. The Hall–Kier alpha value is -2.34. The topological polar surface area (TPSA) is 0 Å². The third kappa shape index (κ3) is 7.07. The highest BCUT2D eigenvalue weighted by Crippen LogP contribution is 2.47. The Balaban J connectivity index is 2.75. The Kier molecular flexibility index (Phi) is 9.96. The third-order valence-corrected chi connectivity index (χ3v) is 7.33. The molecule has 0 saturated heterocycles. The van der Waals surface area contributed by atoms with Crippen LogP contribution in [0.1, 0.15) is 79.7 Å². The smallest absolute Gasteiger partial charge is 0.0117 e. The number of hydrogen-bond donors (Lipinski definition) is 0. The molecular weight excluding hydrogens is 396 g/mol. The molecule has 1 aliphatic carbocycles. The van der Waals surface area contributed by atoms with Gasteiger partial charge in [-0.05, 0) is 109 Å². The Morgan fingerprint density at radius 2 is 1.64 bits per heavy atom. The van der Waals surface area contributed by atoms with Crippen molar-refractivity contribution in [3.8, 4) is 0 Å². The second-order valence-corrected chi connectivity index (χ2v) is 10.4. The lowest BCUT2D eigenvalue weighted by molar-refractivity contribution is 0.338. The number of hydrogen-bond acceptors (Lipinski definition) is 0. The van der Waals surface area contributed by atoms with E-state index in [1.54, 1.807) is 0 Å². The van der Waals surface area contributed by atoms with Gasteiger partial charge in [0.2, 0.25) is 0 Å². The van der Waals surface area contributed by atoms with Crippen LogP contribution >= 0.6 is 0 Å². The van der Waals surface area contributed by atoms with Gasteiger partial charge in [0.1, 0.15) is 0 Å². The zero-order valence-corrected chi connectivity index (χ0v) is 22.3. The Morgan fingerprint density at radius 3 is 2.09 bits per heavy atom. The lowest BCUT2D eigenvalue weighted by Crippen LogP contribution is -2.16. The highest BCUT2D eigenvalue weighted by Gasteiger charge is 2.31. The molecule has 1 fully saturated rings. The molecule has 1 aromatic rings. The summed E-state index contributed by atoms with van der Waals surface area (Å²) in [5.74, 6) is 2.43. The summed E-state index contributed by atoms with van der Waals surface area (Å²) < 4.78 is 0. The summed E-state index contributed by atoms with van der Waals surface area (Å²) in [5, 5.41) is 0. The number of allylic oxidation sites excluding steroid dienone is 9. The first-order chi connectivity index (χ1) is 15.6. The summed E-state index contributed by atoms with van der Waals surface area (Å²) in [6.45, 7) is 29.1. The molecule has 0 N–H and O–H groups in total. The first-order valence-corrected chi connectivity index (χ1v) is 12.8. The molecule has 1 aromatic carbocycles. The van der Waals surface area contributed by atoms with E-state index < -0.39 is 0 Å². The summed E-state index contributed by atoms with van der Waals surface area (Å²) >= 11 is 0. The van der Waals surface area contributed by atoms with Gasteiger partial charge >= 0.3 is 0 Å². The Morgan fingerprint density at radius 1 is 1.03 bits per heavy atom. The molecule has 1 saturated carbocycles. The second kappa shape index (κ2) is 12.2. The average Bonchev–Trinajstić information content (AvgIpc) is 3.61. The molecular formula is C33H46. The fourth-order valence-corrected chi connectivity index (χ4v) is 4.81. The van der Waals surface area contributed by atoms with E-state index in [-0.39, 0.29) is 0 Å². The molecule has 2 rings (SSSR count). The maximum Gasteiger partial charge on any atom is -0.0117 e. The largest absolute Gasteiger partial charge is 0.0955 e. The van der Waals surface area contributed by atoms with Crippen molar-refractivity contribution >= 4 is 5.57 Å². The quantitative estimate of drug-likeness (QED) is 0.282. The van der Waals surface area contributed by atoms with Gasteiger partial charge in [0, 0.05) is 0 Å². The van der Waals surface area contributed by atoms with E-state index >= 15 is 0 Å². The highest BCUT2D eigenvalue weighted by molar-refractivity contribution is 5.85. The predicted molar refractivity (Wildman–Crippen MR) is 149 cm³/mol. The van der Waals surface area contributed by atoms with Crippen molar-refractivity contribution in [1.29, 1.82) is 0 Å². The van der Waals surface area contributed by atoms with E-state index in [4.69, 9.17) is 0 Å². The minimum Gasteiger partial charge on any atom is -0.0955 e. The van der Waals surface area contributed by atoms with Gasteiger partial charge in [-0.25, -0.2) is 0 Å². The first kappa shape index (κ1) is 26.9. The number of rotatable bonds is 12. The van der Waals surface area contributed by atoms with Crippen LogP contribution in [0, 0.1) is 23.7 Å². The van der Waals surface area contributed by atoms with Crippen LogP contribution in [0.4, 0.5) is 0 Å². The van der Waals surface area contributed by atoms with Gasteiger partial charge < -0.3 is 0 Å². The van der Waals surface area contributed by atoms with E-state index in [2.05, 4.69) is 111 Å². The van der Waals surface area contributed by atoms with Gasteiger partial charge in [-0.3, -0.25) is 0 Å². The summed E-state index contributed by atoms with van der Waals surface area (Å²) in [6.07, 6.45) is 9.23. The Bertz CT molecular complexity index is 941. The van der Waals surface area contributed by atoms with Crippen molar-refractivity contribution in [3.05, 3.63) is 101 Å². The van der Waals surface area contributed by atoms with Crippen LogP contribution < -0.4 is 0 Å². The predicted octanol–water partition coefficient (Wildman–Crippen LogP) is 10.1. The minimum absolute atomic E-state index is 0.482. The zero-order valence-electron chi connectivity index (χ0n) is 22.3. The van der Waals surface area contributed by atoms with Crippen LogP contribution in [0.5, 0.6) is 0 Å². The molecule has 0 bridgehead atoms. The summed E-state index contributed by atoms with van der Waals surface area (Å²) in [7, 11) is 0. The molecule has 0 aliphatic heterocycles. The van der Waals surface area contributed by atoms with Crippen LogP contribution in [-0.2, 0) is 0 Å². The van der Waals surface area contributed by atoms with Crippen molar-refractivity contribution in [3.63, 3.8) is 0 Å². The van der Waals surface area contributed by atoms with Gasteiger partial charge in [-0.1, -0.05) is 95.5 Å². The van der Waals surface area contributed by atoms with E-state index in [1.807, 2.05) is 0 Å². The molecule has 178 valence electrons. The van der Waals surface area contributed by atoms with Crippen LogP contribution in [0.15, 0.2) is 95.7 Å². The van der Waals surface area contributed by atoms with Crippen LogP contribution in [0.25, 0.3) is 5.57 Å². The highest BCUT2D eigenvalue weighted by atomic mass is 14.4. The average molecular weight is 443 g/mol. The molecule has 0 spiro atoms. The molecule has 2 unspecified atom stereocenters. The van der Waals surface area contributed by atoms with E-state index in [9.17, 15) is 0 Å². The maximum atomic E-state index is 4.65. The van der Waals surface area contributed by atoms with Crippen molar-refractivity contribution in [1.82, 2.24) is 0 Å². The fourth-order valence-electron chi connectivity index (χ4n) is 4.81. The van der Waals surface area contributed by atoms with Crippen LogP contribution in [-0.4, -0.2) is 0 Å². The lowest BCUT2D eigenvalue weighted by Gasteiger charge is -2.29. The standard InChI is InChI=1S/C33H46/c1-11-28(21-24(7)22(3)4)32(26(9)20-25(8)31(12-2)23(5)6)33(27(10)29-18-19-29)30-16-14-13-15-17-30/h12-17,20,22,24,28-29H,5,8,10-11,18-19,21H2,1-4,6-7,9H3/b26-20+,31-12-,33-32+. The van der Waals surface area contributed by atoms with Crippen molar-refractivity contribution < 1.29 is 0 Å². The van der Waals surface area contributed by atoms with Crippen molar-refractivity contribution in [2.45, 2.75) is 74.1 Å². The monoisotopic (exact) mass is 442 g/mol. The third-order valence-electron chi connectivity index (χ3n) is 7.33. The number of benzene rings is 1. The summed E-state index contributed by atoms with van der Waals surface area (Å²) in [5.41, 5.74) is 10.00. The van der Waals surface area contributed by atoms with Crippen molar-refractivity contribution in [2.24, 2.45) is 23.7 Å². The molecule has 2 atom stereocenters. The molecule has 1 aliphatic rings. The second-order valence-electron chi connectivity index (χ2n) is 10.4. The molecule has 0 amide bonds. The van der Waals surface area contributed by atoms with Gasteiger partial charge in [0.25, 0.3) is 0 Å². The summed E-state index contributed by atoms with van der Waals surface area (Å²) in [4.78, 5) is 0. The van der Waals surface area contributed by atoms with E-state index in [0.717, 1.165) is 23.1 Å². The molecule has 0 aromatic heterocycles. The van der Waals surface area contributed by atoms with E-state index in [1.165, 1.54) is 47.1 Å². The molecule has 0 nitrogen and oxygen atoms in total. The lowest BCUT2D eigenvalue weighted by atomic mass is 9.75. The van der Waals surface area contributed by atoms with Crippen LogP contribution in [0.3, 0.4) is 0 Å². The van der Waals surface area contributed by atoms with E-state index in [0.29, 0.717) is 23.7 Å². The minimum atomic E-state index is 0.482. The normalized spacial score (nSPS) is 17.5. The van der Waals surface area contributed by atoms with Crippen LogP contribution in [0.2, 0.25) is 0 Å². The SMILES string of the molecule is C=C(C)/C(=C/C)C(=C)/C=C(C)/C(=C(/C(=C)C1CC1)c1ccccc1)C(CC)CC(C)C(C)C. The van der Waals surface area contributed by atoms with Gasteiger partial charge in [0.15, 0.2) is 0 Å². The Labute approximate surface area is 204 Å². The molecule has 0 heterocycles. The molecule has 33 heavy (non-hydrogen) atoms. The molecule has 0 radical (unpaired) electrons. The van der Waals surface area contributed by atoms with Gasteiger partial charge in [-0.15, -0.1) is 0 Å². The fraction of sp³-hybridized carbons (Fsp3) is 0.455. The van der Waals surface area contributed by atoms with Crippen molar-refractivity contribution in [2.75, 3.05) is 0 Å². The summed E-state index contributed by atoms with van der Waals surface area (Å²) in [6, 6.07) is 10.9. The molecule has 0 heteroatoms. The zero-order chi connectivity index (χ0) is 24.7.